The maximum absolute atomic E-state index is 12.0. The molecule has 0 radical (unpaired) electrons. The first-order chi connectivity index (χ1) is 13.9. The van der Waals surface area contributed by atoms with Crippen molar-refractivity contribution in [1.82, 2.24) is 0 Å². The summed E-state index contributed by atoms with van der Waals surface area (Å²) in [4.78, 5) is 23.9. The molecule has 154 valence electrons. The van der Waals surface area contributed by atoms with Crippen LogP contribution >= 0.6 is 11.6 Å². The third-order valence-corrected chi connectivity index (χ3v) is 4.12. The van der Waals surface area contributed by atoms with E-state index in [-0.39, 0.29) is 0 Å². The van der Waals surface area contributed by atoms with Crippen molar-refractivity contribution in [1.29, 1.82) is 0 Å². The molecular formula is C22H24ClNO5. The zero-order chi connectivity index (χ0) is 21.2. The maximum Gasteiger partial charge on any atom is 0.331 e. The second-order valence-corrected chi connectivity index (χ2v) is 6.64. The number of carbonyl (C=O) groups is 2. The third kappa shape index (κ3) is 7.16. The van der Waals surface area contributed by atoms with E-state index in [1.807, 2.05) is 13.8 Å². The highest BCUT2D eigenvalue weighted by atomic mass is 35.5. The van der Waals surface area contributed by atoms with E-state index in [9.17, 15) is 9.59 Å². The lowest BCUT2D eigenvalue weighted by Crippen LogP contribution is -2.20. The van der Waals surface area contributed by atoms with E-state index in [0.717, 1.165) is 17.5 Å². The first-order valence-electron chi connectivity index (χ1n) is 9.14. The normalized spacial score (nSPS) is 10.6. The van der Waals surface area contributed by atoms with Crippen LogP contribution in [-0.2, 0) is 14.3 Å². The van der Waals surface area contributed by atoms with Gasteiger partial charge in [-0.1, -0.05) is 30.7 Å². The van der Waals surface area contributed by atoms with Crippen LogP contribution in [0.1, 0.15) is 24.5 Å². The summed E-state index contributed by atoms with van der Waals surface area (Å²) in [5.74, 6) is 0.136. The van der Waals surface area contributed by atoms with Crippen molar-refractivity contribution in [2.24, 2.45) is 0 Å². The Morgan fingerprint density at radius 3 is 2.66 bits per heavy atom. The van der Waals surface area contributed by atoms with E-state index in [1.165, 1.54) is 6.08 Å². The first-order valence-corrected chi connectivity index (χ1v) is 9.52. The zero-order valence-corrected chi connectivity index (χ0v) is 17.4. The number of carbonyl (C=O) groups excluding carboxylic acids is 2. The number of ether oxygens (including phenoxy) is 3. The Balaban J connectivity index is 1.89. The highest BCUT2D eigenvalue weighted by molar-refractivity contribution is 6.31. The quantitative estimate of drug-likeness (QED) is 0.475. The summed E-state index contributed by atoms with van der Waals surface area (Å²) in [5, 5.41) is 3.17. The van der Waals surface area contributed by atoms with Crippen LogP contribution in [0, 0.1) is 6.92 Å². The monoisotopic (exact) mass is 417 g/mol. The number of hydrogen-bond donors (Lipinski definition) is 1. The number of esters is 1. The van der Waals surface area contributed by atoms with E-state index >= 15 is 0 Å². The number of anilines is 1. The van der Waals surface area contributed by atoms with Crippen LogP contribution < -0.4 is 14.8 Å². The lowest BCUT2D eigenvalue weighted by atomic mass is 10.2. The number of methoxy groups -OCH3 is 1. The highest BCUT2D eigenvalue weighted by Crippen LogP contribution is 2.28. The maximum atomic E-state index is 12.0. The van der Waals surface area contributed by atoms with Gasteiger partial charge in [0.05, 0.1) is 13.7 Å². The number of nitrogens with one attached hydrogen (secondary N) is 1. The van der Waals surface area contributed by atoms with Gasteiger partial charge >= 0.3 is 5.97 Å². The van der Waals surface area contributed by atoms with Gasteiger partial charge < -0.3 is 19.5 Å². The Morgan fingerprint density at radius 2 is 1.93 bits per heavy atom. The summed E-state index contributed by atoms with van der Waals surface area (Å²) in [6.07, 6.45) is 3.72. The fourth-order valence-corrected chi connectivity index (χ4v) is 2.56. The molecule has 1 amide bonds. The minimum absolute atomic E-state index is 0.401. The van der Waals surface area contributed by atoms with Gasteiger partial charge in [0.1, 0.15) is 0 Å². The molecule has 0 aliphatic carbocycles. The van der Waals surface area contributed by atoms with Gasteiger partial charge in [-0.2, -0.15) is 0 Å². The SMILES string of the molecule is CCCOc1ccc(/C=C/C(=O)OCC(=O)Nc2cc(Cl)ccc2C)cc1OC. The number of aryl methyl sites for hydroxylation is 1. The lowest BCUT2D eigenvalue weighted by Gasteiger charge is -2.10. The molecule has 6 nitrogen and oxygen atoms in total. The summed E-state index contributed by atoms with van der Waals surface area (Å²) in [6.45, 7) is 4.05. The smallest absolute Gasteiger partial charge is 0.331 e. The largest absolute Gasteiger partial charge is 0.493 e. The highest BCUT2D eigenvalue weighted by Gasteiger charge is 2.09. The predicted molar refractivity (Wildman–Crippen MR) is 114 cm³/mol. The van der Waals surface area contributed by atoms with Crippen molar-refractivity contribution >= 4 is 35.2 Å². The molecule has 0 fully saturated rings. The molecule has 0 aromatic heterocycles. The Labute approximate surface area is 175 Å². The number of benzene rings is 2. The van der Waals surface area contributed by atoms with Crippen LogP contribution in [0.3, 0.4) is 0 Å². The van der Waals surface area contributed by atoms with E-state index in [4.69, 9.17) is 25.8 Å². The van der Waals surface area contributed by atoms with Crippen molar-refractivity contribution < 1.29 is 23.8 Å². The second kappa shape index (κ2) is 11.1. The number of rotatable bonds is 9. The van der Waals surface area contributed by atoms with E-state index in [1.54, 1.807) is 49.6 Å². The molecular weight excluding hydrogens is 394 g/mol. The number of hydrogen-bond acceptors (Lipinski definition) is 5. The fraction of sp³-hybridized carbons (Fsp3) is 0.273. The molecule has 0 bridgehead atoms. The van der Waals surface area contributed by atoms with Crippen molar-refractivity contribution in [3.8, 4) is 11.5 Å². The van der Waals surface area contributed by atoms with Crippen molar-refractivity contribution in [2.45, 2.75) is 20.3 Å². The van der Waals surface area contributed by atoms with Crippen LogP contribution in [0.25, 0.3) is 6.08 Å². The third-order valence-electron chi connectivity index (χ3n) is 3.88. The molecule has 1 N–H and O–H groups in total. The molecule has 2 aromatic carbocycles. The number of halogens is 1. The molecule has 0 aliphatic heterocycles. The Bertz CT molecular complexity index is 895. The fourth-order valence-electron chi connectivity index (χ4n) is 2.38. The molecule has 7 heteroatoms. The van der Waals surface area contributed by atoms with E-state index in [0.29, 0.717) is 28.8 Å². The minimum Gasteiger partial charge on any atom is -0.493 e. The Kier molecular flexibility index (Phi) is 8.55. The standard InChI is InChI=1S/C22H24ClNO5/c1-4-11-28-19-9-6-16(12-20(19)27-3)7-10-22(26)29-14-21(25)24-18-13-17(23)8-5-15(18)2/h5-10,12-13H,4,11,14H2,1-3H3,(H,24,25)/b10-7+. The van der Waals surface area contributed by atoms with Crippen molar-refractivity contribution in [3.63, 3.8) is 0 Å². The van der Waals surface area contributed by atoms with Gasteiger partial charge in [-0.3, -0.25) is 4.79 Å². The zero-order valence-electron chi connectivity index (χ0n) is 16.7. The summed E-state index contributed by atoms with van der Waals surface area (Å²) in [5.41, 5.74) is 2.17. The molecule has 29 heavy (non-hydrogen) atoms. The molecule has 2 rings (SSSR count). The van der Waals surface area contributed by atoms with Crippen LogP contribution in [0.15, 0.2) is 42.5 Å². The summed E-state index contributed by atoms with van der Waals surface area (Å²) < 4.78 is 15.9. The predicted octanol–water partition coefficient (Wildman–Crippen LogP) is 4.64. The molecule has 0 atom stereocenters. The van der Waals surface area contributed by atoms with Gasteiger partial charge in [-0.25, -0.2) is 4.79 Å². The van der Waals surface area contributed by atoms with Crippen LogP contribution in [0.4, 0.5) is 5.69 Å². The van der Waals surface area contributed by atoms with Gasteiger partial charge in [-0.05, 0) is 54.8 Å². The molecule has 0 saturated heterocycles. The van der Waals surface area contributed by atoms with Gasteiger partial charge in [-0.15, -0.1) is 0 Å². The van der Waals surface area contributed by atoms with Gasteiger partial charge in [0.25, 0.3) is 5.91 Å². The van der Waals surface area contributed by atoms with Crippen molar-refractivity contribution in [2.75, 3.05) is 25.6 Å². The van der Waals surface area contributed by atoms with Crippen molar-refractivity contribution in [3.05, 3.63) is 58.6 Å². The Hall–Kier alpha value is -2.99. The lowest BCUT2D eigenvalue weighted by molar-refractivity contribution is -0.142. The summed E-state index contributed by atoms with van der Waals surface area (Å²) in [6, 6.07) is 10.5. The molecule has 0 spiro atoms. The Morgan fingerprint density at radius 1 is 1.14 bits per heavy atom. The second-order valence-electron chi connectivity index (χ2n) is 6.21. The van der Waals surface area contributed by atoms with Crippen LogP contribution in [-0.4, -0.2) is 32.2 Å². The summed E-state index contributed by atoms with van der Waals surface area (Å²) >= 11 is 5.92. The average Bonchev–Trinajstić information content (AvgIpc) is 2.72. The molecule has 0 unspecified atom stereocenters. The molecule has 0 heterocycles. The van der Waals surface area contributed by atoms with Crippen LogP contribution in [0.5, 0.6) is 11.5 Å². The molecule has 2 aromatic rings. The van der Waals surface area contributed by atoms with Gasteiger partial charge in [0.2, 0.25) is 0 Å². The minimum atomic E-state index is -0.631. The molecule has 0 saturated carbocycles. The topological polar surface area (TPSA) is 73.9 Å². The average molecular weight is 418 g/mol. The summed E-state index contributed by atoms with van der Waals surface area (Å²) in [7, 11) is 1.55. The van der Waals surface area contributed by atoms with Gasteiger partial charge in [0.15, 0.2) is 18.1 Å². The molecule has 0 aliphatic rings. The van der Waals surface area contributed by atoms with E-state index < -0.39 is 18.5 Å². The van der Waals surface area contributed by atoms with Crippen LogP contribution in [0.2, 0.25) is 5.02 Å². The van der Waals surface area contributed by atoms with Gasteiger partial charge in [0, 0.05) is 16.8 Å². The first kappa shape index (κ1) is 22.3. The number of amides is 1. The van der Waals surface area contributed by atoms with E-state index in [2.05, 4.69) is 5.32 Å².